The van der Waals surface area contributed by atoms with E-state index < -0.39 is 18.1 Å². The van der Waals surface area contributed by atoms with E-state index >= 15 is 0 Å². The molecule has 1 amide bonds. The molecule has 9 aliphatic rings. The van der Waals surface area contributed by atoms with E-state index in [0.29, 0.717) is 53.8 Å². The van der Waals surface area contributed by atoms with Crippen molar-refractivity contribution in [1.29, 1.82) is 0 Å². The van der Waals surface area contributed by atoms with Crippen LogP contribution in [0.2, 0.25) is 0 Å². The van der Waals surface area contributed by atoms with Crippen molar-refractivity contribution in [2.45, 2.75) is 254 Å². The lowest BCUT2D eigenvalue weighted by Crippen LogP contribution is -2.51. The van der Waals surface area contributed by atoms with Gasteiger partial charge in [0, 0.05) is 12.5 Å². The summed E-state index contributed by atoms with van der Waals surface area (Å²) in [5.74, 6) is 9.54. The number of carbonyl (C=O) groups is 2. The summed E-state index contributed by atoms with van der Waals surface area (Å²) in [6, 6.07) is 15.4. The first-order valence-corrected chi connectivity index (χ1v) is 35.4. The molecule has 0 aromatic heterocycles. The maximum absolute atomic E-state index is 12.8. The van der Waals surface area contributed by atoms with Gasteiger partial charge >= 0.3 is 12.1 Å². The smallest absolute Gasteiger partial charge is 0.407 e. The molecule has 11 rings (SSSR count). The monoisotopic (exact) mass is 1160 g/mol. The van der Waals surface area contributed by atoms with Gasteiger partial charge in [-0.05, 0) is 237 Å². The lowest BCUT2D eigenvalue weighted by Gasteiger charge is -2.58. The number of hydrogen-bond acceptors (Lipinski definition) is 5. The van der Waals surface area contributed by atoms with Crippen LogP contribution in [0.25, 0.3) is 11.1 Å². The average Bonchev–Trinajstić information content (AvgIpc) is 1.90. The highest BCUT2D eigenvalue weighted by Crippen LogP contribution is 2.69. The highest BCUT2D eigenvalue weighted by molar-refractivity contribution is 5.81. The molecule has 85 heavy (non-hydrogen) atoms. The lowest BCUT2D eigenvalue weighted by molar-refractivity contribution is -0.139. The minimum Gasteiger partial charge on any atom is -0.480 e. The maximum atomic E-state index is 12.8. The predicted octanol–water partition coefficient (Wildman–Crippen LogP) is 20.2. The Balaban J connectivity index is 0.000000219. The largest absolute Gasteiger partial charge is 0.480 e. The van der Waals surface area contributed by atoms with Gasteiger partial charge in [0.2, 0.25) is 0 Å². The average molecular weight is 1160 g/mol. The second kappa shape index (κ2) is 27.6. The van der Waals surface area contributed by atoms with E-state index in [4.69, 9.17) is 14.2 Å². The van der Waals surface area contributed by atoms with Crippen LogP contribution in [0.4, 0.5) is 4.79 Å². The number of unbranched alkanes of at least 4 members (excludes halogenated alkanes) is 1. The molecule has 6 saturated carbocycles. The number of benzene rings is 2. The second-order valence-electron chi connectivity index (χ2n) is 31.7. The van der Waals surface area contributed by atoms with E-state index in [1.54, 1.807) is 11.1 Å². The van der Waals surface area contributed by atoms with Crippen molar-refractivity contribution >= 4 is 12.1 Å². The molecule has 0 saturated heterocycles. The van der Waals surface area contributed by atoms with Crippen molar-refractivity contribution in [3.8, 4) is 11.1 Å². The summed E-state index contributed by atoms with van der Waals surface area (Å²) in [5.41, 5.74) is 9.84. The maximum Gasteiger partial charge on any atom is 0.407 e. The van der Waals surface area contributed by atoms with Crippen molar-refractivity contribution in [3.63, 3.8) is 0 Å². The molecule has 470 valence electrons. The van der Waals surface area contributed by atoms with Crippen molar-refractivity contribution in [2.75, 3.05) is 19.8 Å². The Labute approximate surface area is 516 Å². The molecule has 17 atom stereocenters. The van der Waals surface area contributed by atoms with Gasteiger partial charge < -0.3 is 24.6 Å². The highest BCUT2D eigenvalue weighted by Gasteiger charge is 2.61. The van der Waals surface area contributed by atoms with Crippen LogP contribution in [0.15, 0.2) is 84.5 Å². The summed E-state index contributed by atoms with van der Waals surface area (Å²) >= 11 is 0. The van der Waals surface area contributed by atoms with Gasteiger partial charge in [0.15, 0.2) is 0 Å². The van der Waals surface area contributed by atoms with Crippen molar-refractivity contribution < 1.29 is 28.9 Å². The van der Waals surface area contributed by atoms with Gasteiger partial charge in [0.05, 0.1) is 18.8 Å². The third-order valence-corrected chi connectivity index (χ3v) is 26.1. The number of nitrogens with one attached hydrogen (secondary N) is 1. The van der Waals surface area contributed by atoms with Gasteiger partial charge in [-0.1, -0.05) is 186 Å². The van der Waals surface area contributed by atoms with E-state index in [1.807, 2.05) is 30.3 Å². The van der Waals surface area contributed by atoms with Gasteiger partial charge in [-0.3, -0.25) is 0 Å². The van der Waals surface area contributed by atoms with Gasteiger partial charge in [-0.2, -0.15) is 0 Å². The summed E-state index contributed by atoms with van der Waals surface area (Å²) in [6.45, 7) is 30.6. The number of carboxylic acid groups (broad SMARTS) is 1. The number of rotatable bonds is 23. The summed E-state index contributed by atoms with van der Waals surface area (Å²) in [5, 5.41) is 12.5. The first kappa shape index (κ1) is 64.3. The van der Waals surface area contributed by atoms with Crippen LogP contribution >= 0.6 is 0 Å². The molecule has 0 spiro atoms. The molecule has 2 unspecified atom stereocenters. The number of fused-ring (bicyclic) bond motifs is 13. The van der Waals surface area contributed by atoms with Crippen molar-refractivity contribution in [2.24, 2.45) is 92.7 Å². The Kier molecular flexibility index (Phi) is 20.9. The number of alkyl carbamates (subject to hydrolysis) is 1. The first-order chi connectivity index (χ1) is 40.8. The Bertz CT molecular complexity index is 2610. The molecule has 2 N–H and O–H groups in total. The summed E-state index contributed by atoms with van der Waals surface area (Å²) in [7, 11) is 0. The molecular weight excluding hydrogens is 1050 g/mol. The predicted molar refractivity (Wildman–Crippen MR) is 349 cm³/mol. The number of carbonyl (C=O) groups excluding carboxylic acids is 1. The Hall–Kier alpha value is -3.68. The van der Waals surface area contributed by atoms with Crippen molar-refractivity contribution in [1.82, 2.24) is 5.32 Å². The first-order valence-electron chi connectivity index (χ1n) is 35.4. The fourth-order valence-electron chi connectivity index (χ4n) is 21.5. The Morgan fingerprint density at radius 3 is 1.58 bits per heavy atom. The minimum atomic E-state index is -1.04. The number of aliphatic carboxylic acids is 1. The van der Waals surface area contributed by atoms with Crippen LogP contribution in [0.1, 0.15) is 247 Å². The van der Waals surface area contributed by atoms with Crippen LogP contribution in [-0.4, -0.2) is 55.2 Å². The number of carboxylic acids is 1. The number of hydrogen-bond donors (Lipinski definition) is 2. The molecule has 9 aliphatic carbocycles. The fourth-order valence-corrected chi connectivity index (χ4v) is 21.5. The molecule has 0 bridgehead atoms. The van der Waals surface area contributed by atoms with Gasteiger partial charge in [-0.15, -0.1) is 6.58 Å². The topological polar surface area (TPSA) is 94.1 Å². The number of allylic oxidation sites excluding steroid dienone is 2. The molecule has 7 heteroatoms. The van der Waals surface area contributed by atoms with E-state index in [-0.39, 0.29) is 18.6 Å². The third-order valence-electron chi connectivity index (χ3n) is 26.1. The van der Waals surface area contributed by atoms with E-state index in [9.17, 15) is 14.7 Å². The zero-order valence-electron chi connectivity index (χ0n) is 55.1. The van der Waals surface area contributed by atoms with Gasteiger partial charge in [0.25, 0.3) is 0 Å². The molecule has 0 aliphatic heterocycles. The van der Waals surface area contributed by atoms with Crippen LogP contribution in [0.3, 0.4) is 0 Å². The molecule has 2 aromatic carbocycles. The minimum absolute atomic E-state index is 0.0661. The lowest BCUT2D eigenvalue weighted by atomic mass is 9.47. The van der Waals surface area contributed by atoms with Crippen LogP contribution in [-0.2, 0) is 19.0 Å². The zero-order chi connectivity index (χ0) is 60.3. The molecule has 0 radical (unpaired) electrons. The van der Waals surface area contributed by atoms with E-state index in [2.05, 4.69) is 118 Å². The van der Waals surface area contributed by atoms with Crippen molar-refractivity contribution in [3.05, 3.63) is 95.6 Å². The molecular formula is C78H117NO6. The number of amides is 1. The normalized spacial score (nSPS) is 35.4. The Morgan fingerprint density at radius 2 is 1.09 bits per heavy atom. The van der Waals surface area contributed by atoms with Gasteiger partial charge in [-0.25, -0.2) is 9.59 Å². The third kappa shape index (κ3) is 13.5. The Morgan fingerprint density at radius 1 is 0.600 bits per heavy atom. The molecule has 6 fully saturated rings. The molecule has 0 heterocycles. The van der Waals surface area contributed by atoms with Crippen LogP contribution in [0, 0.1) is 92.7 Å². The summed E-state index contributed by atoms with van der Waals surface area (Å²) < 4.78 is 18.2. The fraction of sp³-hybridized carbons (Fsp3) is 0.744. The van der Waals surface area contributed by atoms with Crippen LogP contribution < -0.4 is 5.32 Å². The SMILES string of the molecule is C=CCOC1CC[C@@]2(C)C(=CC[C@H]3[C@@H]4CC[C@H]([C@H](C)CCCC(C)C)[C@@]4(C)CC[C@@H]32)C1.CC(C)CCC[C@@H](C)[C@H]1CC[C@H]2[C@@H]3CC=C4CC(OCCCC[C@H](NC(=O)OCC5c6ccccc6-c6ccccc65)C(=O)O)CC[C@]4(C)[C@H]3CC[C@]12C. The zero-order valence-corrected chi connectivity index (χ0v) is 55.1. The van der Waals surface area contributed by atoms with Crippen LogP contribution in [0.5, 0.6) is 0 Å². The standard InChI is InChI=1S/C48H67NO5.C30H50O/c1-31(2)13-12-14-32(3)41-22-23-42-39-21-20-33-29-34(24-26-47(33,4)43(39)25-27-48(41,42)5)53-28-11-10-19-44(45(50)51)49-46(52)54-30-40-37-17-8-6-15-35(37)36-16-7-9-18-38(36)40;1-7-19-31-24-15-17-29(5)23(20-24)11-12-25-27-14-13-26(22(4)10-8-9-21(2)3)30(27,6)18-16-28(25)29/h6-9,15-18,20,31-32,34,39-44H,10-14,19,21-30H2,1-5H3,(H,49,52)(H,50,51);7,11,21-22,24-28H,1,8-10,12-20H2,2-6H3/t32-,34?,39+,41-,42+,43+,44+,47+,48-;22-,24?,25+,26-,27+,28+,29+,30-/m11/s1. The van der Waals surface area contributed by atoms with Gasteiger partial charge in [0.1, 0.15) is 12.6 Å². The molecule has 2 aromatic rings. The second-order valence-corrected chi connectivity index (χ2v) is 31.7. The summed E-state index contributed by atoms with van der Waals surface area (Å²) in [4.78, 5) is 24.9. The highest BCUT2D eigenvalue weighted by atomic mass is 16.5. The quantitative estimate of drug-likeness (QED) is 0.0851. The van der Waals surface area contributed by atoms with E-state index in [1.165, 1.54) is 128 Å². The number of ether oxygens (including phenoxy) is 3. The summed E-state index contributed by atoms with van der Waals surface area (Å²) in [6.07, 6.45) is 38.8. The molecule has 7 nitrogen and oxygen atoms in total. The van der Waals surface area contributed by atoms with E-state index in [0.717, 1.165) is 113 Å².